The topological polar surface area (TPSA) is 55.9 Å². The minimum absolute atomic E-state index is 0.0479. The van der Waals surface area contributed by atoms with Crippen LogP contribution in [0.25, 0.3) is 0 Å². The van der Waals surface area contributed by atoms with Gasteiger partial charge in [-0.15, -0.1) is 0 Å². The van der Waals surface area contributed by atoms with E-state index in [9.17, 15) is 9.59 Å². The third kappa shape index (κ3) is 4.75. The molecule has 6 nitrogen and oxygen atoms in total. The van der Waals surface area contributed by atoms with E-state index in [2.05, 4.69) is 34.5 Å². The molecule has 0 radical (unpaired) electrons. The molecule has 1 aromatic carbocycles. The molecule has 3 rings (SSSR count). The summed E-state index contributed by atoms with van der Waals surface area (Å²) in [6.07, 6.45) is 3.12. The Morgan fingerprint density at radius 1 is 1.15 bits per heavy atom. The third-order valence-corrected chi connectivity index (χ3v) is 5.42. The van der Waals surface area contributed by atoms with E-state index in [0.29, 0.717) is 25.7 Å². The fourth-order valence-corrected chi connectivity index (χ4v) is 3.90. The molecule has 1 aromatic rings. The number of nitrogens with zero attached hydrogens (tertiary/aromatic N) is 3. The van der Waals surface area contributed by atoms with Crippen molar-refractivity contribution in [2.75, 3.05) is 39.3 Å². The number of benzene rings is 1. The average Bonchev–Trinajstić information content (AvgIpc) is 3.00. The lowest BCUT2D eigenvalue weighted by molar-refractivity contribution is -0.130. The summed E-state index contributed by atoms with van der Waals surface area (Å²) in [6.45, 7) is 6.92. The van der Waals surface area contributed by atoms with E-state index in [1.165, 1.54) is 12.0 Å². The van der Waals surface area contributed by atoms with Gasteiger partial charge in [-0.1, -0.05) is 30.3 Å². The van der Waals surface area contributed by atoms with Crippen LogP contribution in [-0.2, 0) is 11.3 Å². The summed E-state index contributed by atoms with van der Waals surface area (Å²) in [5.41, 5.74) is 1.31. The van der Waals surface area contributed by atoms with Crippen LogP contribution in [0.4, 0.5) is 4.79 Å². The Labute approximate surface area is 156 Å². The summed E-state index contributed by atoms with van der Waals surface area (Å²) >= 11 is 0. The molecule has 2 heterocycles. The van der Waals surface area contributed by atoms with Gasteiger partial charge in [-0.3, -0.25) is 9.69 Å². The molecule has 2 aliphatic rings. The van der Waals surface area contributed by atoms with E-state index in [1.54, 1.807) is 4.90 Å². The molecule has 3 amide bonds. The molecule has 2 aliphatic heterocycles. The second-order valence-corrected chi connectivity index (χ2v) is 7.19. The number of carbonyl (C=O) groups is 2. The Morgan fingerprint density at radius 2 is 1.96 bits per heavy atom. The van der Waals surface area contributed by atoms with Crippen molar-refractivity contribution in [1.29, 1.82) is 0 Å². The van der Waals surface area contributed by atoms with Gasteiger partial charge in [-0.05, 0) is 38.3 Å². The first-order chi connectivity index (χ1) is 12.7. The highest BCUT2D eigenvalue weighted by atomic mass is 16.2. The van der Waals surface area contributed by atoms with Gasteiger partial charge in [0.05, 0.1) is 0 Å². The minimum atomic E-state index is -0.108. The van der Waals surface area contributed by atoms with Gasteiger partial charge in [-0.25, -0.2) is 4.79 Å². The van der Waals surface area contributed by atoms with Crippen LogP contribution in [0.3, 0.4) is 0 Å². The predicted octanol–water partition coefficient (Wildman–Crippen LogP) is 1.91. The molecule has 0 unspecified atom stereocenters. The molecule has 2 saturated heterocycles. The summed E-state index contributed by atoms with van der Waals surface area (Å²) in [5.74, 6) is 0.0479. The van der Waals surface area contributed by atoms with Crippen LogP contribution in [0, 0.1) is 0 Å². The van der Waals surface area contributed by atoms with Crippen LogP contribution in [-0.4, -0.2) is 71.9 Å². The molecule has 1 N–H and O–H groups in total. The highest BCUT2D eigenvalue weighted by molar-refractivity contribution is 5.84. The molecule has 0 spiro atoms. The number of likely N-dealkylation sites (tertiary alicyclic amines) is 1. The lowest BCUT2D eigenvalue weighted by Gasteiger charge is -2.26. The second-order valence-electron chi connectivity index (χ2n) is 7.19. The summed E-state index contributed by atoms with van der Waals surface area (Å²) in [6, 6.07) is 10.7. The predicted molar refractivity (Wildman–Crippen MR) is 102 cm³/mol. The highest BCUT2D eigenvalue weighted by Gasteiger charge is 2.27. The fourth-order valence-electron chi connectivity index (χ4n) is 3.90. The third-order valence-electron chi connectivity index (χ3n) is 5.42. The lowest BCUT2D eigenvalue weighted by Crippen LogP contribution is -2.47. The standard InChI is InChI=1S/C20H30N4O2/c1-2-22-12-7-13-24(16-19(22)25)20(26)21-14-18-10-6-11-23(18)15-17-8-4-3-5-9-17/h3-5,8-9,18H,2,6-7,10-16H2,1H3,(H,21,26)/t18-/m0/s1. The van der Waals surface area contributed by atoms with Crippen LogP contribution >= 0.6 is 0 Å². The quantitative estimate of drug-likeness (QED) is 0.875. The molecule has 0 aromatic heterocycles. The molecular weight excluding hydrogens is 328 g/mol. The van der Waals surface area contributed by atoms with Gasteiger partial charge in [0.25, 0.3) is 0 Å². The Morgan fingerprint density at radius 3 is 2.73 bits per heavy atom. The number of amides is 3. The van der Waals surface area contributed by atoms with Crippen molar-refractivity contribution in [1.82, 2.24) is 20.0 Å². The van der Waals surface area contributed by atoms with Gasteiger partial charge in [0.2, 0.25) is 5.91 Å². The van der Waals surface area contributed by atoms with Crippen molar-refractivity contribution < 1.29 is 9.59 Å². The first-order valence-corrected chi connectivity index (χ1v) is 9.76. The molecule has 0 aliphatic carbocycles. The van der Waals surface area contributed by atoms with Gasteiger partial charge in [0, 0.05) is 38.8 Å². The van der Waals surface area contributed by atoms with Crippen LogP contribution in [0.15, 0.2) is 30.3 Å². The van der Waals surface area contributed by atoms with Crippen molar-refractivity contribution in [3.63, 3.8) is 0 Å². The van der Waals surface area contributed by atoms with Gasteiger partial charge >= 0.3 is 6.03 Å². The zero-order chi connectivity index (χ0) is 18.4. The summed E-state index contributed by atoms with van der Waals surface area (Å²) in [5, 5.41) is 3.07. The van der Waals surface area contributed by atoms with Gasteiger partial charge < -0.3 is 15.1 Å². The molecule has 0 saturated carbocycles. The Hall–Kier alpha value is -2.08. The van der Waals surface area contributed by atoms with Crippen molar-refractivity contribution in [3.05, 3.63) is 35.9 Å². The summed E-state index contributed by atoms with van der Waals surface area (Å²) in [7, 11) is 0. The second kappa shape index (κ2) is 9.03. The zero-order valence-electron chi connectivity index (χ0n) is 15.7. The number of rotatable bonds is 5. The Bertz CT molecular complexity index is 607. The number of hydrogen-bond acceptors (Lipinski definition) is 3. The number of carbonyl (C=O) groups excluding carboxylic acids is 2. The maximum atomic E-state index is 12.5. The van der Waals surface area contributed by atoms with E-state index in [1.807, 2.05) is 17.9 Å². The normalized spacial score (nSPS) is 21.7. The number of nitrogens with one attached hydrogen (secondary N) is 1. The smallest absolute Gasteiger partial charge is 0.317 e. The SMILES string of the molecule is CCN1CCCN(C(=O)NC[C@@H]2CCCN2Cc2ccccc2)CC1=O. The molecule has 2 fully saturated rings. The maximum Gasteiger partial charge on any atom is 0.317 e. The number of likely N-dealkylation sites (N-methyl/N-ethyl adjacent to an activating group) is 1. The molecule has 6 heteroatoms. The minimum Gasteiger partial charge on any atom is -0.341 e. The fraction of sp³-hybridized carbons (Fsp3) is 0.600. The Balaban J connectivity index is 1.49. The van der Waals surface area contributed by atoms with E-state index in [-0.39, 0.29) is 18.5 Å². The molecule has 0 bridgehead atoms. The van der Waals surface area contributed by atoms with Crippen LogP contribution < -0.4 is 5.32 Å². The van der Waals surface area contributed by atoms with Gasteiger partial charge in [0.15, 0.2) is 0 Å². The van der Waals surface area contributed by atoms with E-state index in [4.69, 9.17) is 0 Å². The van der Waals surface area contributed by atoms with Crippen LogP contribution in [0.2, 0.25) is 0 Å². The number of hydrogen-bond donors (Lipinski definition) is 1. The van der Waals surface area contributed by atoms with Crippen LogP contribution in [0.5, 0.6) is 0 Å². The van der Waals surface area contributed by atoms with Crippen molar-refractivity contribution in [3.8, 4) is 0 Å². The highest BCUT2D eigenvalue weighted by Crippen LogP contribution is 2.19. The largest absolute Gasteiger partial charge is 0.341 e. The summed E-state index contributed by atoms with van der Waals surface area (Å²) < 4.78 is 0. The Kier molecular flexibility index (Phi) is 6.50. The average molecular weight is 358 g/mol. The van der Waals surface area contributed by atoms with Crippen molar-refractivity contribution in [2.45, 2.75) is 38.8 Å². The summed E-state index contributed by atoms with van der Waals surface area (Å²) in [4.78, 5) is 30.6. The monoisotopic (exact) mass is 358 g/mol. The first kappa shape index (κ1) is 18.7. The lowest BCUT2D eigenvalue weighted by atomic mass is 10.2. The molecule has 142 valence electrons. The van der Waals surface area contributed by atoms with Gasteiger partial charge in [-0.2, -0.15) is 0 Å². The van der Waals surface area contributed by atoms with E-state index in [0.717, 1.165) is 32.5 Å². The molecule has 26 heavy (non-hydrogen) atoms. The number of urea groups is 1. The van der Waals surface area contributed by atoms with Crippen LogP contribution in [0.1, 0.15) is 31.7 Å². The van der Waals surface area contributed by atoms with Crippen molar-refractivity contribution in [2.24, 2.45) is 0 Å². The molecular formula is C20H30N4O2. The zero-order valence-corrected chi connectivity index (χ0v) is 15.7. The van der Waals surface area contributed by atoms with Crippen molar-refractivity contribution >= 4 is 11.9 Å². The van der Waals surface area contributed by atoms with Gasteiger partial charge in [0.1, 0.15) is 6.54 Å². The first-order valence-electron chi connectivity index (χ1n) is 9.76. The molecule has 1 atom stereocenters. The van der Waals surface area contributed by atoms with E-state index < -0.39 is 0 Å². The van der Waals surface area contributed by atoms with E-state index >= 15 is 0 Å². The maximum absolute atomic E-state index is 12.5.